The van der Waals surface area contributed by atoms with Crippen LogP contribution in [0.5, 0.6) is 5.75 Å². The second-order valence-corrected chi connectivity index (χ2v) is 6.53. The van der Waals surface area contributed by atoms with E-state index < -0.39 is 24.2 Å². The Kier molecular flexibility index (Phi) is 4.18. The molecule has 1 unspecified atom stereocenters. The fourth-order valence-electron chi connectivity index (χ4n) is 2.22. The fourth-order valence-corrected chi connectivity index (χ4v) is 3.26. The van der Waals surface area contributed by atoms with E-state index in [2.05, 4.69) is 4.74 Å². The Balaban J connectivity index is 2.03. The van der Waals surface area contributed by atoms with Gasteiger partial charge in [0.25, 0.3) is 6.10 Å². The normalized spacial score (nSPS) is 16.8. The number of thiophene rings is 1. The maximum atomic E-state index is 13.0. The van der Waals surface area contributed by atoms with Crippen molar-refractivity contribution in [2.45, 2.75) is 12.3 Å². The first-order chi connectivity index (χ1) is 11.2. The minimum atomic E-state index is -4.81. The van der Waals surface area contributed by atoms with Crippen molar-refractivity contribution >= 4 is 35.2 Å². The van der Waals surface area contributed by atoms with E-state index in [9.17, 15) is 18.0 Å². The zero-order valence-electron chi connectivity index (χ0n) is 11.6. The fraction of sp³-hybridized carbons (Fsp3) is 0.133. The van der Waals surface area contributed by atoms with Crippen LogP contribution in [0.25, 0.3) is 16.5 Å². The largest absolute Gasteiger partial charge is 0.511 e. The molecule has 1 atom stereocenters. The van der Waals surface area contributed by atoms with Gasteiger partial charge in [-0.25, -0.2) is 4.79 Å². The molecule has 1 aromatic carbocycles. The number of hydrogen-bond donors (Lipinski definition) is 1. The van der Waals surface area contributed by atoms with E-state index in [-0.39, 0.29) is 11.3 Å². The van der Waals surface area contributed by atoms with Gasteiger partial charge in [0, 0.05) is 10.4 Å². The van der Waals surface area contributed by atoms with Crippen LogP contribution < -0.4 is 4.74 Å². The van der Waals surface area contributed by atoms with Crippen LogP contribution in [0.3, 0.4) is 0 Å². The molecule has 0 saturated carbocycles. The third-order valence-electron chi connectivity index (χ3n) is 3.17. The van der Waals surface area contributed by atoms with Crippen molar-refractivity contribution in [3.8, 4) is 16.2 Å². The molecule has 3 rings (SSSR count). The Morgan fingerprint density at radius 1 is 1.29 bits per heavy atom. The van der Waals surface area contributed by atoms with Crippen molar-refractivity contribution in [3.63, 3.8) is 0 Å². The summed E-state index contributed by atoms with van der Waals surface area (Å²) in [6, 6.07) is 8.05. The number of ether oxygens (including phenoxy) is 2. The summed E-state index contributed by atoms with van der Waals surface area (Å²) in [5.41, 5.74) is 0.999. The maximum Gasteiger partial charge on any atom is 0.511 e. The van der Waals surface area contributed by atoms with E-state index >= 15 is 0 Å². The molecule has 0 bridgehead atoms. The van der Waals surface area contributed by atoms with E-state index in [1.165, 1.54) is 17.4 Å². The van der Waals surface area contributed by atoms with Crippen molar-refractivity contribution in [1.29, 1.82) is 0 Å². The first-order valence-corrected chi connectivity index (χ1v) is 7.69. The SMILES string of the molecule is O=C(O)OC1=Cc2cc(-c3ccc(Cl)s3)ccc2OC1C(F)(F)F. The highest BCUT2D eigenvalue weighted by atomic mass is 35.5. The van der Waals surface area contributed by atoms with Crippen LogP contribution in [0.4, 0.5) is 18.0 Å². The number of carbonyl (C=O) groups is 1. The molecular formula is C15H8ClF3O4S. The number of benzene rings is 1. The van der Waals surface area contributed by atoms with E-state index in [1.807, 2.05) is 0 Å². The summed E-state index contributed by atoms with van der Waals surface area (Å²) < 4.78 is 48.8. The standard InChI is InChI=1S/C15H8ClF3O4S/c16-12-4-3-11(24-12)7-1-2-9-8(5-7)6-10(23-14(20)21)13(22-9)15(17,18)19/h1-6,13H,(H,20,21). The quantitative estimate of drug-likeness (QED) is 0.710. The number of rotatable bonds is 2. The van der Waals surface area contributed by atoms with Crippen molar-refractivity contribution in [2.24, 2.45) is 0 Å². The average Bonchev–Trinajstić information content (AvgIpc) is 2.91. The highest BCUT2D eigenvalue weighted by Crippen LogP contribution is 2.40. The molecule has 0 saturated heterocycles. The monoisotopic (exact) mass is 376 g/mol. The highest BCUT2D eigenvalue weighted by molar-refractivity contribution is 7.19. The smallest absolute Gasteiger partial charge is 0.472 e. The Morgan fingerprint density at radius 3 is 2.62 bits per heavy atom. The van der Waals surface area contributed by atoms with Gasteiger partial charge in [-0.2, -0.15) is 13.2 Å². The van der Waals surface area contributed by atoms with Gasteiger partial charge in [0.1, 0.15) is 5.75 Å². The van der Waals surface area contributed by atoms with Crippen LogP contribution in [0.1, 0.15) is 5.56 Å². The van der Waals surface area contributed by atoms with Gasteiger partial charge >= 0.3 is 12.3 Å². The Bertz CT molecular complexity index is 828. The van der Waals surface area contributed by atoms with Gasteiger partial charge in [-0.3, -0.25) is 0 Å². The second-order valence-electron chi connectivity index (χ2n) is 4.81. The molecule has 2 heterocycles. The van der Waals surface area contributed by atoms with E-state index in [1.54, 1.807) is 24.3 Å². The number of halogens is 4. The van der Waals surface area contributed by atoms with Gasteiger partial charge in [0.05, 0.1) is 4.34 Å². The Labute approximate surface area is 142 Å². The minimum absolute atomic E-state index is 0.0125. The molecule has 0 spiro atoms. The lowest BCUT2D eigenvalue weighted by molar-refractivity contribution is -0.191. The second kappa shape index (κ2) is 6.03. The predicted molar refractivity (Wildman–Crippen MR) is 82.3 cm³/mol. The molecule has 0 fully saturated rings. The van der Waals surface area contributed by atoms with Crippen LogP contribution in [0, 0.1) is 0 Å². The molecule has 1 aromatic heterocycles. The van der Waals surface area contributed by atoms with Gasteiger partial charge < -0.3 is 14.6 Å². The van der Waals surface area contributed by atoms with Crippen LogP contribution >= 0.6 is 22.9 Å². The van der Waals surface area contributed by atoms with E-state index in [0.29, 0.717) is 9.90 Å². The number of alkyl halides is 3. The number of fused-ring (bicyclic) bond motifs is 1. The van der Waals surface area contributed by atoms with Crippen LogP contribution in [0.2, 0.25) is 4.34 Å². The van der Waals surface area contributed by atoms with Crippen molar-refractivity contribution in [2.75, 3.05) is 0 Å². The molecule has 2 aromatic rings. The van der Waals surface area contributed by atoms with Gasteiger partial charge in [0.15, 0.2) is 5.76 Å². The lowest BCUT2D eigenvalue weighted by atomic mass is 10.0. The van der Waals surface area contributed by atoms with Gasteiger partial charge in [-0.1, -0.05) is 11.6 Å². The number of carboxylic acid groups (broad SMARTS) is 1. The van der Waals surface area contributed by atoms with Crippen molar-refractivity contribution in [3.05, 3.63) is 46.0 Å². The van der Waals surface area contributed by atoms with Gasteiger partial charge in [-0.15, -0.1) is 11.3 Å². The highest BCUT2D eigenvalue weighted by Gasteiger charge is 2.48. The lowest BCUT2D eigenvalue weighted by Gasteiger charge is -2.27. The third-order valence-corrected chi connectivity index (χ3v) is 4.45. The molecule has 1 aliphatic rings. The molecule has 1 aliphatic heterocycles. The molecule has 0 radical (unpaired) electrons. The molecule has 4 nitrogen and oxygen atoms in total. The first kappa shape index (κ1) is 16.7. The van der Waals surface area contributed by atoms with Gasteiger partial charge in [0.2, 0.25) is 0 Å². The molecular weight excluding hydrogens is 369 g/mol. The zero-order chi connectivity index (χ0) is 17.5. The summed E-state index contributed by atoms with van der Waals surface area (Å²) in [4.78, 5) is 11.5. The van der Waals surface area contributed by atoms with Crippen LogP contribution in [-0.2, 0) is 4.74 Å². The Hall–Kier alpha value is -2.19. The molecule has 0 amide bonds. The van der Waals surface area contributed by atoms with Crippen molar-refractivity contribution < 1.29 is 32.5 Å². The summed E-state index contributed by atoms with van der Waals surface area (Å²) in [5, 5.41) is 8.63. The summed E-state index contributed by atoms with van der Waals surface area (Å²) in [7, 11) is 0. The maximum absolute atomic E-state index is 13.0. The van der Waals surface area contributed by atoms with E-state index in [4.69, 9.17) is 21.4 Å². The summed E-state index contributed by atoms with van der Waals surface area (Å²) in [5.74, 6) is -0.842. The van der Waals surface area contributed by atoms with Gasteiger partial charge in [-0.05, 0) is 42.0 Å². The molecule has 126 valence electrons. The van der Waals surface area contributed by atoms with Crippen LogP contribution in [-0.4, -0.2) is 23.5 Å². The van der Waals surface area contributed by atoms with E-state index in [0.717, 1.165) is 11.0 Å². The topological polar surface area (TPSA) is 55.8 Å². The minimum Gasteiger partial charge on any atom is -0.472 e. The summed E-state index contributed by atoms with van der Waals surface area (Å²) in [6.07, 6.45) is -8.10. The molecule has 9 heteroatoms. The van der Waals surface area contributed by atoms with Crippen molar-refractivity contribution in [1.82, 2.24) is 0 Å². The Morgan fingerprint density at radius 2 is 2.04 bits per heavy atom. The lowest BCUT2D eigenvalue weighted by Crippen LogP contribution is -2.39. The summed E-state index contributed by atoms with van der Waals surface area (Å²) >= 11 is 7.18. The average molecular weight is 377 g/mol. The first-order valence-electron chi connectivity index (χ1n) is 6.49. The molecule has 0 aliphatic carbocycles. The number of hydrogen-bond acceptors (Lipinski definition) is 4. The third kappa shape index (κ3) is 3.34. The zero-order valence-corrected chi connectivity index (χ0v) is 13.2. The summed E-state index contributed by atoms with van der Waals surface area (Å²) in [6.45, 7) is 0. The molecule has 24 heavy (non-hydrogen) atoms. The predicted octanol–water partition coefficient (Wildman–Crippen LogP) is 5.43. The van der Waals surface area contributed by atoms with Crippen LogP contribution in [0.15, 0.2) is 36.1 Å². The molecule has 1 N–H and O–H groups in total.